The first-order chi connectivity index (χ1) is 9.10. The van der Waals surface area contributed by atoms with Crippen LogP contribution in [0.4, 0.5) is 11.1 Å². The lowest BCUT2D eigenvalue weighted by Crippen LogP contribution is -2.07. The smallest absolute Gasteiger partial charge is 0.223 e. The molecule has 2 aromatic heterocycles. The second-order valence-electron chi connectivity index (χ2n) is 3.72. The molecule has 2 rings (SSSR count). The second-order valence-corrected chi connectivity index (χ2v) is 6.32. The van der Waals surface area contributed by atoms with Gasteiger partial charge in [-0.1, -0.05) is 22.9 Å². The first-order valence-corrected chi connectivity index (χ1v) is 7.56. The second kappa shape index (κ2) is 6.36. The van der Waals surface area contributed by atoms with Crippen LogP contribution in [0, 0.1) is 0 Å². The van der Waals surface area contributed by atoms with Gasteiger partial charge in [-0.25, -0.2) is 9.97 Å². The van der Waals surface area contributed by atoms with Gasteiger partial charge in [0.05, 0.1) is 11.2 Å². The molecule has 2 aromatic rings. The first-order valence-electron chi connectivity index (χ1n) is 5.55. The van der Waals surface area contributed by atoms with E-state index in [1.54, 1.807) is 6.20 Å². The number of rotatable bonds is 5. The van der Waals surface area contributed by atoms with Gasteiger partial charge in [-0.15, -0.1) is 10.2 Å². The number of nitrogens with one attached hydrogen (secondary N) is 1. The molecular formula is C10H13ClN6S2. The zero-order valence-electron chi connectivity index (χ0n) is 10.7. The third-order valence-electron chi connectivity index (χ3n) is 2.01. The number of hydrogen-bond acceptors (Lipinski definition) is 8. The first kappa shape index (κ1) is 14.3. The Morgan fingerprint density at radius 2 is 2.21 bits per heavy atom. The average Bonchev–Trinajstić information content (AvgIpc) is 2.82. The predicted molar refractivity (Wildman–Crippen MR) is 79.6 cm³/mol. The maximum atomic E-state index is 6.09. The van der Waals surface area contributed by atoms with Crippen LogP contribution in [-0.4, -0.2) is 40.8 Å². The number of nitrogens with zero attached hydrogens (tertiary/aromatic N) is 5. The molecule has 19 heavy (non-hydrogen) atoms. The quantitative estimate of drug-likeness (QED) is 0.850. The van der Waals surface area contributed by atoms with Gasteiger partial charge in [-0.3, -0.25) is 0 Å². The van der Waals surface area contributed by atoms with Gasteiger partial charge in [0.1, 0.15) is 5.03 Å². The number of halogens is 1. The molecule has 2 heterocycles. The van der Waals surface area contributed by atoms with Gasteiger partial charge in [-0.05, 0) is 18.7 Å². The van der Waals surface area contributed by atoms with Crippen molar-refractivity contribution in [3.63, 3.8) is 0 Å². The number of aromatic nitrogens is 4. The number of anilines is 2. The zero-order chi connectivity index (χ0) is 13.8. The molecule has 0 saturated heterocycles. The van der Waals surface area contributed by atoms with Crippen molar-refractivity contribution in [1.29, 1.82) is 0 Å². The van der Waals surface area contributed by atoms with Gasteiger partial charge in [0.25, 0.3) is 0 Å². The van der Waals surface area contributed by atoms with Gasteiger partial charge >= 0.3 is 0 Å². The highest BCUT2D eigenvalue weighted by Crippen LogP contribution is 2.35. The van der Waals surface area contributed by atoms with E-state index in [0.717, 1.165) is 16.0 Å². The highest BCUT2D eigenvalue weighted by atomic mass is 35.5. The van der Waals surface area contributed by atoms with Crippen molar-refractivity contribution >= 4 is 45.8 Å². The SMILES string of the molecule is CCNc1ncc(Cl)c(Sc2nnc(N(C)C)s2)n1. The summed E-state index contributed by atoms with van der Waals surface area (Å²) in [5.41, 5.74) is 0. The summed E-state index contributed by atoms with van der Waals surface area (Å²) in [4.78, 5) is 10.4. The summed E-state index contributed by atoms with van der Waals surface area (Å²) in [7, 11) is 3.85. The molecule has 1 N–H and O–H groups in total. The summed E-state index contributed by atoms with van der Waals surface area (Å²) in [5.74, 6) is 0.562. The number of hydrogen-bond donors (Lipinski definition) is 1. The third-order valence-corrected chi connectivity index (χ3v) is 4.54. The summed E-state index contributed by atoms with van der Waals surface area (Å²) in [6.45, 7) is 2.74. The Bertz CT molecular complexity index is 559. The Balaban J connectivity index is 2.19. The van der Waals surface area contributed by atoms with E-state index in [0.29, 0.717) is 16.0 Å². The summed E-state index contributed by atoms with van der Waals surface area (Å²) >= 11 is 8.97. The summed E-state index contributed by atoms with van der Waals surface area (Å²) in [6.07, 6.45) is 1.59. The van der Waals surface area contributed by atoms with Crippen LogP contribution >= 0.6 is 34.7 Å². The predicted octanol–water partition coefficient (Wildman–Crippen LogP) is 2.63. The fourth-order valence-corrected chi connectivity index (χ4v) is 3.04. The molecule has 6 nitrogen and oxygen atoms in total. The molecule has 0 fully saturated rings. The van der Waals surface area contributed by atoms with E-state index in [4.69, 9.17) is 11.6 Å². The van der Waals surface area contributed by atoms with Crippen LogP contribution in [0.5, 0.6) is 0 Å². The molecule has 102 valence electrons. The standard InChI is InChI=1S/C10H13ClN6S2/c1-4-12-8-13-5-6(11)7(14-8)18-10-16-15-9(19-10)17(2)3/h5H,4H2,1-3H3,(H,12,13,14). The van der Waals surface area contributed by atoms with Crippen LogP contribution in [0.15, 0.2) is 15.6 Å². The molecule has 0 amide bonds. The Hall–Kier alpha value is -1.12. The Kier molecular flexibility index (Phi) is 4.78. The van der Waals surface area contributed by atoms with Crippen LogP contribution in [-0.2, 0) is 0 Å². The minimum Gasteiger partial charge on any atom is -0.354 e. The fourth-order valence-electron chi connectivity index (χ4n) is 1.17. The molecule has 0 saturated carbocycles. The molecule has 0 aliphatic heterocycles. The molecular weight excluding hydrogens is 304 g/mol. The lowest BCUT2D eigenvalue weighted by atomic mass is 10.6. The highest BCUT2D eigenvalue weighted by molar-refractivity contribution is 8.01. The van der Waals surface area contributed by atoms with Crippen molar-refractivity contribution in [2.45, 2.75) is 16.3 Å². The molecule has 0 bridgehead atoms. The normalized spacial score (nSPS) is 10.5. The van der Waals surface area contributed by atoms with Crippen molar-refractivity contribution in [1.82, 2.24) is 20.2 Å². The molecule has 0 aromatic carbocycles. The van der Waals surface area contributed by atoms with Crippen LogP contribution in [0.1, 0.15) is 6.92 Å². The van der Waals surface area contributed by atoms with Crippen molar-refractivity contribution in [2.75, 3.05) is 30.9 Å². The summed E-state index contributed by atoms with van der Waals surface area (Å²) in [6, 6.07) is 0. The van der Waals surface area contributed by atoms with Crippen molar-refractivity contribution in [3.8, 4) is 0 Å². The van der Waals surface area contributed by atoms with E-state index in [9.17, 15) is 0 Å². The van der Waals surface area contributed by atoms with Crippen LogP contribution in [0.2, 0.25) is 5.02 Å². The van der Waals surface area contributed by atoms with Crippen molar-refractivity contribution in [3.05, 3.63) is 11.2 Å². The molecule has 0 aliphatic rings. The summed E-state index contributed by atoms with van der Waals surface area (Å²) in [5, 5.41) is 13.3. The van der Waals surface area contributed by atoms with E-state index >= 15 is 0 Å². The average molecular weight is 317 g/mol. The van der Waals surface area contributed by atoms with E-state index in [1.165, 1.54) is 23.1 Å². The van der Waals surface area contributed by atoms with Gasteiger partial charge in [0.2, 0.25) is 11.1 Å². The fraction of sp³-hybridized carbons (Fsp3) is 0.400. The maximum absolute atomic E-state index is 6.09. The Labute approximate surface area is 124 Å². The Morgan fingerprint density at radius 1 is 1.42 bits per heavy atom. The third kappa shape index (κ3) is 3.68. The van der Waals surface area contributed by atoms with E-state index in [-0.39, 0.29) is 0 Å². The highest BCUT2D eigenvalue weighted by Gasteiger charge is 2.12. The monoisotopic (exact) mass is 316 g/mol. The summed E-state index contributed by atoms with van der Waals surface area (Å²) < 4.78 is 0.798. The van der Waals surface area contributed by atoms with Gasteiger partial charge in [0, 0.05) is 20.6 Å². The zero-order valence-corrected chi connectivity index (χ0v) is 13.1. The van der Waals surface area contributed by atoms with Gasteiger partial charge in [-0.2, -0.15) is 0 Å². The minimum atomic E-state index is 0.508. The molecule has 0 atom stereocenters. The maximum Gasteiger partial charge on any atom is 0.223 e. The van der Waals surface area contributed by atoms with E-state index < -0.39 is 0 Å². The lowest BCUT2D eigenvalue weighted by Gasteiger charge is -2.05. The Morgan fingerprint density at radius 3 is 2.84 bits per heavy atom. The molecule has 0 radical (unpaired) electrons. The van der Waals surface area contributed by atoms with E-state index in [2.05, 4.69) is 25.5 Å². The minimum absolute atomic E-state index is 0.508. The van der Waals surface area contributed by atoms with Crippen molar-refractivity contribution in [2.24, 2.45) is 0 Å². The lowest BCUT2D eigenvalue weighted by molar-refractivity contribution is 0.967. The molecule has 9 heteroatoms. The topological polar surface area (TPSA) is 66.8 Å². The molecule has 0 unspecified atom stereocenters. The van der Waals surface area contributed by atoms with Crippen molar-refractivity contribution < 1.29 is 0 Å². The van der Waals surface area contributed by atoms with Gasteiger partial charge in [0.15, 0.2) is 4.34 Å². The molecule has 0 spiro atoms. The molecule has 0 aliphatic carbocycles. The van der Waals surface area contributed by atoms with Gasteiger partial charge < -0.3 is 10.2 Å². The van der Waals surface area contributed by atoms with Crippen LogP contribution < -0.4 is 10.2 Å². The van der Waals surface area contributed by atoms with Crippen LogP contribution in [0.25, 0.3) is 0 Å². The van der Waals surface area contributed by atoms with Crippen LogP contribution in [0.3, 0.4) is 0 Å². The van der Waals surface area contributed by atoms with E-state index in [1.807, 2.05) is 25.9 Å². The largest absolute Gasteiger partial charge is 0.354 e.